The van der Waals surface area contributed by atoms with Gasteiger partial charge in [0.1, 0.15) is 0 Å². The van der Waals surface area contributed by atoms with Gasteiger partial charge in [-0.1, -0.05) is 0 Å². The van der Waals surface area contributed by atoms with Gasteiger partial charge >= 0.3 is 0 Å². The molecule has 4 heteroatoms. The Hall–Kier alpha value is 0.0200. The summed E-state index contributed by atoms with van der Waals surface area (Å²) in [6, 6.07) is 0.415. The van der Waals surface area contributed by atoms with E-state index in [1.165, 1.54) is 0 Å². The lowest BCUT2D eigenvalue weighted by Gasteiger charge is -2.27. The molecule has 0 aromatic rings. The zero-order valence-corrected chi connectivity index (χ0v) is 6.40. The van der Waals surface area contributed by atoms with E-state index in [-0.39, 0.29) is 8.61 Å². The molecule has 0 radical (unpaired) electrons. The molecule has 1 rings (SSSR count). The van der Waals surface area contributed by atoms with Gasteiger partial charge in [0.25, 0.3) is 0 Å². The molecule has 0 aliphatic carbocycles. The highest BCUT2D eigenvalue weighted by atomic mass is 31.1. The second-order valence-electron chi connectivity index (χ2n) is 2.30. The molecule has 0 spiro atoms. The molecular weight excluding hydrogens is 135 g/mol. The molecule has 1 N–H and O–H groups in total. The molecule has 0 bridgehead atoms. The normalized spacial score (nSPS) is 31.0. The van der Waals surface area contributed by atoms with Crippen molar-refractivity contribution in [1.29, 1.82) is 0 Å². The number of nitrogens with one attached hydrogen (secondary N) is 1. The molecule has 0 amide bonds. The van der Waals surface area contributed by atoms with Gasteiger partial charge in [-0.15, -0.1) is 0 Å². The minimum absolute atomic E-state index is 0.164. The van der Waals surface area contributed by atoms with Crippen molar-refractivity contribution in [2.75, 3.05) is 19.6 Å². The quantitative estimate of drug-likeness (QED) is 0.546. The molecule has 0 saturated carbocycles. The molecule has 1 heterocycles. The fraction of sp³-hybridized carbons (Fsp3) is 1.00. The summed E-state index contributed by atoms with van der Waals surface area (Å²) in [6.45, 7) is 4.87. The topological polar surface area (TPSA) is 32.3 Å². The molecule has 1 fully saturated rings. The van der Waals surface area contributed by atoms with E-state index in [1.807, 2.05) is 4.67 Å². The molecule has 1 aliphatic rings. The molecule has 1 saturated heterocycles. The van der Waals surface area contributed by atoms with E-state index < -0.39 is 0 Å². The predicted octanol–water partition coefficient (Wildman–Crippen LogP) is 0.487. The molecule has 1 atom stereocenters. The molecule has 1 unspecified atom stereocenters. The van der Waals surface area contributed by atoms with E-state index in [9.17, 15) is 4.57 Å². The van der Waals surface area contributed by atoms with Gasteiger partial charge in [0.05, 0.1) is 0 Å². The Kier molecular flexibility index (Phi) is 2.58. The monoisotopic (exact) mass is 146 g/mol. The van der Waals surface area contributed by atoms with Gasteiger partial charge in [-0.25, -0.2) is 4.67 Å². The van der Waals surface area contributed by atoms with Gasteiger partial charge in [0, 0.05) is 25.7 Å². The number of nitrogens with zero attached hydrogens (tertiary/aromatic N) is 1. The Bertz CT molecular complexity index is 109. The largest absolute Gasteiger partial charge is 0.314 e. The van der Waals surface area contributed by atoms with Crippen LogP contribution in [0.1, 0.15) is 6.92 Å². The summed E-state index contributed by atoms with van der Waals surface area (Å²) < 4.78 is 12.3. The van der Waals surface area contributed by atoms with Crippen LogP contribution in [0.2, 0.25) is 0 Å². The van der Waals surface area contributed by atoms with E-state index in [2.05, 4.69) is 12.2 Å². The zero-order chi connectivity index (χ0) is 6.69. The van der Waals surface area contributed by atoms with Crippen molar-refractivity contribution in [3.05, 3.63) is 0 Å². The molecule has 0 aromatic carbocycles. The van der Waals surface area contributed by atoms with E-state index in [0.29, 0.717) is 6.04 Å². The maximum absolute atomic E-state index is 10.4. The lowest BCUT2D eigenvalue weighted by molar-refractivity contribution is 0.295. The van der Waals surface area contributed by atoms with Crippen molar-refractivity contribution < 1.29 is 4.57 Å². The van der Waals surface area contributed by atoms with Crippen molar-refractivity contribution in [2.24, 2.45) is 0 Å². The van der Waals surface area contributed by atoms with Crippen LogP contribution >= 0.6 is 8.61 Å². The van der Waals surface area contributed by atoms with Crippen molar-refractivity contribution in [3.63, 3.8) is 0 Å². The minimum atomic E-state index is 0.164. The van der Waals surface area contributed by atoms with Crippen LogP contribution in [-0.4, -0.2) is 30.3 Å². The zero-order valence-electron chi connectivity index (χ0n) is 5.50. The Labute approximate surface area is 56.7 Å². The van der Waals surface area contributed by atoms with Crippen molar-refractivity contribution in [3.8, 4) is 0 Å². The summed E-state index contributed by atoms with van der Waals surface area (Å²) in [6.07, 6.45) is 0. The smallest absolute Gasteiger partial charge is 0.249 e. The van der Waals surface area contributed by atoms with Gasteiger partial charge in [-0.2, -0.15) is 0 Å². The first kappa shape index (κ1) is 7.13. The van der Waals surface area contributed by atoms with Gasteiger partial charge in [-0.05, 0) is 6.92 Å². The average Bonchev–Trinajstić information content (AvgIpc) is 1.89. The first-order valence-corrected chi connectivity index (χ1v) is 3.91. The van der Waals surface area contributed by atoms with Crippen molar-refractivity contribution >= 4 is 8.61 Å². The minimum Gasteiger partial charge on any atom is -0.314 e. The van der Waals surface area contributed by atoms with Crippen molar-refractivity contribution in [2.45, 2.75) is 13.0 Å². The average molecular weight is 146 g/mol. The van der Waals surface area contributed by atoms with Crippen LogP contribution < -0.4 is 5.32 Å². The van der Waals surface area contributed by atoms with Crippen LogP contribution in [0, 0.1) is 0 Å². The Morgan fingerprint density at radius 2 is 2.56 bits per heavy atom. The summed E-state index contributed by atoms with van der Waals surface area (Å²) >= 11 is 0. The number of piperazine rings is 1. The van der Waals surface area contributed by atoms with Crippen LogP contribution in [0.5, 0.6) is 0 Å². The van der Waals surface area contributed by atoms with Crippen LogP contribution in [-0.2, 0) is 4.57 Å². The molecule has 1 aliphatic heterocycles. The molecule has 9 heavy (non-hydrogen) atoms. The van der Waals surface area contributed by atoms with Gasteiger partial charge in [-0.3, -0.25) is 4.57 Å². The number of hydrogen-bond donors (Lipinski definition) is 1. The standard InChI is InChI=1S/C5H11N2OP/c1-5-4-6-2-3-7(5)9-8/h5-6H,2-4H2,1H3. The second kappa shape index (κ2) is 3.25. The highest BCUT2D eigenvalue weighted by molar-refractivity contribution is 7.20. The van der Waals surface area contributed by atoms with E-state index in [1.54, 1.807) is 0 Å². The fourth-order valence-electron chi connectivity index (χ4n) is 0.952. The highest BCUT2D eigenvalue weighted by Crippen LogP contribution is 2.11. The molecule has 52 valence electrons. The van der Waals surface area contributed by atoms with E-state index >= 15 is 0 Å². The summed E-state index contributed by atoms with van der Waals surface area (Å²) in [7, 11) is 0.164. The third kappa shape index (κ3) is 1.71. The summed E-state index contributed by atoms with van der Waals surface area (Å²) in [5, 5.41) is 3.21. The Morgan fingerprint density at radius 1 is 1.78 bits per heavy atom. The third-order valence-corrected chi connectivity index (χ3v) is 2.38. The Balaban J connectivity index is 2.38. The summed E-state index contributed by atoms with van der Waals surface area (Å²) in [4.78, 5) is 0. The number of rotatable bonds is 1. The number of hydrogen-bond acceptors (Lipinski definition) is 2. The molecule has 3 nitrogen and oxygen atoms in total. The predicted molar refractivity (Wildman–Crippen MR) is 36.6 cm³/mol. The van der Waals surface area contributed by atoms with Gasteiger partial charge < -0.3 is 5.32 Å². The van der Waals surface area contributed by atoms with Gasteiger partial charge in [0.15, 0.2) is 0 Å². The lowest BCUT2D eigenvalue weighted by atomic mass is 10.3. The van der Waals surface area contributed by atoms with E-state index in [0.717, 1.165) is 19.6 Å². The maximum Gasteiger partial charge on any atom is 0.249 e. The SMILES string of the molecule is CC1CNCCN1P=O. The highest BCUT2D eigenvalue weighted by Gasteiger charge is 2.16. The molecule has 0 aromatic heterocycles. The van der Waals surface area contributed by atoms with E-state index in [4.69, 9.17) is 0 Å². The lowest BCUT2D eigenvalue weighted by Crippen LogP contribution is -2.44. The fourth-order valence-corrected chi connectivity index (χ4v) is 1.38. The third-order valence-electron chi connectivity index (χ3n) is 1.57. The first-order valence-electron chi connectivity index (χ1n) is 3.15. The van der Waals surface area contributed by atoms with Crippen LogP contribution in [0.25, 0.3) is 0 Å². The van der Waals surface area contributed by atoms with Crippen LogP contribution in [0.4, 0.5) is 0 Å². The van der Waals surface area contributed by atoms with Gasteiger partial charge in [0.2, 0.25) is 8.61 Å². The second-order valence-corrected chi connectivity index (χ2v) is 2.97. The maximum atomic E-state index is 10.4. The molecular formula is C5H11N2OP. The first-order chi connectivity index (χ1) is 4.34. The van der Waals surface area contributed by atoms with Crippen LogP contribution in [0.3, 0.4) is 0 Å². The van der Waals surface area contributed by atoms with Crippen LogP contribution in [0.15, 0.2) is 0 Å². The van der Waals surface area contributed by atoms with Crippen molar-refractivity contribution in [1.82, 2.24) is 9.99 Å². The summed E-state index contributed by atoms with van der Waals surface area (Å²) in [5.74, 6) is 0. The summed E-state index contributed by atoms with van der Waals surface area (Å²) in [5.41, 5.74) is 0. The Morgan fingerprint density at radius 3 is 3.00 bits per heavy atom.